The fourth-order valence-corrected chi connectivity index (χ4v) is 4.91. The van der Waals surface area contributed by atoms with Crippen LogP contribution < -0.4 is 5.56 Å². The Bertz CT molecular complexity index is 1670. The molecule has 37 heavy (non-hydrogen) atoms. The average molecular weight is 484 g/mol. The molecule has 0 saturated heterocycles. The van der Waals surface area contributed by atoms with Gasteiger partial charge in [0.25, 0.3) is 5.56 Å². The van der Waals surface area contributed by atoms with Crippen LogP contribution in [0.5, 0.6) is 0 Å². The lowest BCUT2D eigenvalue weighted by atomic mass is 9.96. The molecule has 0 atom stereocenters. The van der Waals surface area contributed by atoms with Crippen LogP contribution in [0.2, 0.25) is 0 Å². The smallest absolute Gasteiger partial charge is 0.261 e. The molecule has 4 nitrogen and oxygen atoms in total. The van der Waals surface area contributed by atoms with Gasteiger partial charge in [0.1, 0.15) is 5.82 Å². The van der Waals surface area contributed by atoms with E-state index in [0.29, 0.717) is 17.8 Å². The maximum absolute atomic E-state index is 14.0. The van der Waals surface area contributed by atoms with Crippen LogP contribution in [0.3, 0.4) is 0 Å². The van der Waals surface area contributed by atoms with Gasteiger partial charge in [-0.1, -0.05) is 86.1 Å². The number of benzene rings is 4. The van der Waals surface area contributed by atoms with Crippen LogP contribution >= 0.6 is 0 Å². The molecule has 0 saturated carbocycles. The van der Waals surface area contributed by atoms with E-state index in [9.17, 15) is 10.1 Å². The third kappa shape index (κ3) is 4.94. The highest BCUT2D eigenvalue weighted by Crippen LogP contribution is 2.25. The van der Waals surface area contributed by atoms with Gasteiger partial charge in [0, 0.05) is 12.0 Å². The van der Waals surface area contributed by atoms with E-state index in [0.717, 1.165) is 63.7 Å². The Morgan fingerprint density at radius 1 is 0.892 bits per heavy atom. The van der Waals surface area contributed by atoms with Crippen molar-refractivity contribution < 1.29 is 0 Å². The molecule has 0 N–H and O–H groups in total. The summed E-state index contributed by atoms with van der Waals surface area (Å²) in [5.74, 6) is 0.707. The number of nitriles is 1. The molecule has 4 aromatic carbocycles. The van der Waals surface area contributed by atoms with Gasteiger partial charge in [0.2, 0.25) is 0 Å². The fourth-order valence-electron chi connectivity index (χ4n) is 4.91. The Morgan fingerprint density at radius 2 is 1.62 bits per heavy atom. The number of nitrogens with zero attached hydrogens (tertiary/aromatic N) is 3. The summed E-state index contributed by atoms with van der Waals surface area (Å²) in [6.45, 7) is 4.07. The van der Waals surface area contributed by atoms with Crippen molar-refractivity contribution in [2.75, 3.05) is 0 Å². The molecule has 0 spiro atoms. The molecule has 182 valence electrons. The molecule has 1 aromatic heterocycles. The van der Waals surface area contributed by atoms with E-state index in [-0.39, 0.29) is 5.56 Å². The molecule has 0 aliphatic carbocycles. The Hall–Kier alpha value is -4.49. The first kappa shape index (κ1) is 24.2. The predicted octanol–water partition coefficient (Wildman–Crippen LogP) is 7.17. The molecule has 5 aromatic rings. The van der Waals surface area contributed by atoms with Crippen molar-refractivity contribution in [2.24, 2.45) is 0 Å². The third-order valence-corrected chi connectivity index (χ3v) is 6.88. The first-order chi connectivity index (χ1) is 18.1. The molecule has 0 amide bonds. The zero-order valence-electron chi connectivity index (χ0n) is 21.2. The van der Waals surface area contributed by atoms with Crippen molar-refractivity contribution in [1.82, 2.24) is 9.55 Å². The lowest BCUT2D eigenvalue weighted by molar-refractivity contribution is 0.734. The lowest BCUT2D eigenvalue weighted by Crippen LogP contribution is -2.28. The Labute approximate surface area is 217 Å². The van der Waals surface area contributed by atoms with Crippen molar-refractivity contribution >= 4 is 10.8 Å². The summed E-state index contributed by atoms with van der Waals surface area (Å²) in [4.78, 5) is 18.9. The molecule has 0 unspecified atom stereocenters. The van der Waals surface area contributed by atoms with Crippen molar-refractivity contribution in [3.8, 4) is 22.9 Å². The molecule has 0 bridgehead atoms. The van der Waals surface area contributed by atoms with E-state index in [4.69, 9.17) is 4.98 Å². The molecule has 4 heteroatoms. The van der Waals surface area contributed by atoms with E-state index in [1.54, 1.807) is 4.57 Å². The number of hydrogen-bond donors (Lipinski definition) is 0. The summed E-state index contributed by atoms with van der Waals surface area (Å²) < 4.78 is 1.74. The molecule has 0 aliphatic rings. The molecule has 0 aliphatic heterocycles. The van der Waals surface area contributed by atoms with E-state index in [2.05, 4.69) is 37.3 Å². The Balaban J connectivity index is 1.56. The highest BCUT2D eigenvalue weighted by atomic mass is 16.1. The zero-order valence-corrected chi connectivity index (χ0v) is 21.2. The van der Waals surface area contributed by atoms with Gasteiger partial charge < -0.3 is 0 Å². The summed E-state index contributed by atoms with van der Waals surface area (Å²) in [5, 5.41) is 11.7. The fraction of sp³-hybridized carbons (Fsp3) is 0.182. The maximum Gasteiger partial charge on any atom is 0.261 e. The van der Waals surface area contributed by atoms with Crippen molar-refractivity contribution in [1.29, 1.82) is 5.26 Å². The van der Waals surface area contributed by atoms with Crippen LogP contribution in [0.1, 0.15) is 48.0 Å². The zero-order chi connectivity index (χ0) is 25.8. The van der Waals surface area contributed by atoms with E-state index in [1.165, 1.54) is 0 Å². The highest BCUT2D eigenvalue weighted by molar-refractivity contribution is 5.84. The normalized spacial score (nSPS) is 10.9. The highest BCUT2D eigenvalue weighted by Gasteiger charge is 2.17. The van der Waals surface area contributed by atoms with Crippen molar-refractivity contribution in [2.45, 2.75) is 39.5 Å². The van der Waals surface area contributed by atoms with Gasteiger partial charge in [-0.3, -0.25) is 9.36 Å². The minimum absolute atomic E-state index is 0.00668. The number of aromatic nitrogens is 2. The number of unbranched alkanes of at least 4 members (excludes halogenated alkanes) is 1. The number of rotatable bonds is 7. The second kappa shape index (κ2) is 10.6. The second-order valence-corrected chi connectivity index (χ2v) is 9.39. The molecular weight excluding hydrogens is 454 g/mol. The molecule has 5 rings (SSSR count). The van der Waals surface area contributed by atoms with E-state index >= 15 is 0 Å². The molecular formula is C33H29N3O. The average Bonchev–Trinajstić information content (AvgIpc) is 2.94. The van der Waals surface area contributed by atoms with Crippen molar-refractivity contribution in [3.63, 3.8) is 0 Å². The third-order valence-electron chi connectivity index (χ3n) is 6.88. The SMILES string of the molecule is CCCCc1nc(C)n(-c2ccc3ccccc3c2)c(=O)c1Cc1ccc(-c2ccccc2C#N)cc1. The first-order valence-corrected chi connectivity index (χ1v) is 12.8. The molecule has 0 radical (unpaired) electrons. The summed E-state index contributed by atoms with van der Waals surface area (Å²) in [5.41, 5.74) is 6.06. The summed E-state index contributed by atoms with van der Waals surface area (Å²) in [7, 11) is 0. The molecule has 0 fully saturated rings. The lowest BCUT2D eigenvalue weighted by Gasteiger charge is -2.16. The number of aryl methyl sites for hydroxylation is 2. The van der Waals surface area contributed by atoms with Crippen LogP contribution in [-0.2, 0) is 12.8 Å². The summed E-state index contributed by atoms with van der Waals surface area (Å²) >= 11 is 0. The summed E-state index contributed by atoms with van der Waals surface area (Å²) in [6.07, 6.45) is 3.33. The number of hydrogen-bond acceptors (Lipinski definition) is 3. The minimum atomic E-state index is -0.00668. The largest absolute Gasteiger partial charge is 0.269 e. The van der Waals surface area contributed by atoms with Gasteiger partial charge in [-0.15, -0.1) is 0 Å². The van der Waals surface area contributed by atoms with Gasteiger partial charge in [-0.25, -0.2) is 4.98 Å². The minimum Gasteiger partial charge on any atom is -0.269 e. The van der Waals surface area contributed by atoms with Gasteiger partial charge >= 0.3 is 0 Å². The monoisotopic (exact) mass is 483 g/mol. The van der Waals surface area contributed by atoms with Gasteiger partial charge in [0.15, 0.2) is 0 Å². The Morgan fingerprint density at radius 3 is 2.38 bits per heavy atom. The van der Waals surface area contributed by atoms with E-state index in [1.807, 2.05) is 73.7 Å². The van der Waals surface area contributed by atoms with Crippen LogP contribution in [0.4, 0.5) is 0 Å². The number of fused-ring (bicyclic) bond motifs is 1. The summed E-state index contributed by atoms with van der Waals surface area (Å²) in [6, 6.07) is 32.3. The standard InChI is InChI=1S/C33H29N3O/c1-3-4-13-32-31(20-24-14-16-26(17-15-24)30-12-8-7-11-28(30)22-34)33(37)36(23(2)35-32)29-19-18-25-9-5-6-10-27(25)21-29/h5-12,14-19,21H,3-4,13,20H2,1-2H3. The second-order valence-electron chi connectivity index (χ2n) is 9.39. The quantitative estimate of drug-likeness (QED) is 0.247. The van der Waals surface area contributed by atoms with Gasteiger partial charge in [-0.2, -0.15) is 5.26 Å². The van der Waals surface area contributed by atoms with Crippen molar-refractivity contribution in [3.05, 3.63) is 130 Å². The Kier molecular flexibility index (Phi) is 6.96. The van der Waals surface area contributed by atoms with Crippen LogP contribution in [-0.4, -0.2) is 9.55 Å². The van der Waals surface area contributed by atoms with E-state index < -0.39 is 0 Å². The van der Waals surface area contributed by atoms with Gasteiger partial charge in [0.05, 0.1) is 23.0 Å². The predicted molar refractivity (Wildman–Crippen MR) is 150 cm³/mol. The topological polar surface area (TPSA) is 58.7 Å². The van der Waals surface area contributed by atoms with Crippen LogP contribution in [0.15, 0.2) is 95.8 Å². The van der Waals surface area contributed by atoms with Gasteiger partial charge in [-0.05, 0) is 65.4 Å². The first-order valence-electron chi connectivity index (χ1n) is 12.8. The van der Waals surface area contributed by atoms with Crippen LogP contribution in [0.25, 0.3) is 27.6 Å². The van der Waals surface area contributed by atoms with Crippen LogP contribution in [0, 0.1) is 18.3 Å². The maximum atomic E-state index is 14.0. The molecule has 1 heterocycles.